The summed E-state index contributed by atoms with van der Waals surface area (Å²) in [4.78, 5) is 0. The van der Waals surface area contributed by atoms with Gasteiger partial charge in [0.25, 0.3) is 0 Å². The maximum absolute atomic E-state index is 5.89. The molecule has 2 rings (SSSR count). The molecule has 1 aliphatic rings. The van der Waals surface area contributed by atoms with Crippen LogP contribution in [0.3, 0.4) is 0 Å². The van der Waals surface area contributed by atoms with Gasteiger partial charge in [-0.15, -0.1) is 0 Å². The summed E-state index contributed by atoms with van der Waals surface area (Å²) in [7, 11) is -2.04. The predicted molar refractivity (Wildman–Crippen MR) is 89.7 cm³/mol. The van der Waals surface area contributed by atoms with Crippen LogP contribution in [0.25, 0.3) is 0 Å². The molecule has 1 aromatic rings. The average molecular weight is 527 g/mol. The zero-order chi connectivity index (χ0) is 16.0. The number of rotatable bonds is 9. The van der Waals surface area contributed by atoms with Crippen molar-refractivity contribution in [2.24, 2.45) is 0 Å². The van der Waals surface area contributed by atoms with E-state index >= 15 is 0 Å². The molecule has 0 spiro atoms. The molecule has 5 nitrogen and oxygen atoms in total. The van der Waals surface area contributed by atoms with E-state index in [9.17, 15) is 0 Å². The standard InChI is InChI=1S/C14H23N3O2Si.In.Sn/c1-12(2)11-20(18,19)9-5-8-17-10-14(15-16-17)13-6-3-4-7-13;;/h10,13H,1,3-9,11H2,2H3;;/q-2;2*+1. The van der Waals surface area contributed by atoms with Crippen molar-refractivity contribution in [1.82, 2.24) is 15.0 Å². The topological polar surface area (TPSA) is 49.2 Å². The van der Waals surface area contributed by atoms with Crippen molar-refractivity contribution in [3.8, 4) is 0 Å². The van der Waals surface area contributed by atoms with Crippen molar-refractivity contribution in [1.29, 1.82) is 0 Å². The second-order valence-electron chi connectivity index (χ2n) is 6.26. The van der Waals surface area contributed by atoms with Crippen LogP contribution in [0.5, 0.6) is 0 Å². The second kappa shape index (κ2) is 9.24. The summed E-state index contributed by atoms with van der Waals surface area (Å²) in [6.07, 6.45) is 8.38. The van der Waals surface area contributed by atoms with Gasteiger partial charge in [-0.3, -0.25) is 0 Å². The Morgan fingerprint density at radius 3 is 2.86 bits per heavy atom. The van der Waals surface area contributed by atoms with Crippen molar-refractivity contribution in [2.45, 2.75) is 63.6 Å². The fourth-order valence-corrected chi connectivity index (χ4v) is 11.7. The first-order valence-electron chi connectivity index (χ1n) is 7.85. The third-order valence-corrected chi connectivity index (χ3v) is 14.2. The van der Waals surface area contributed by atoms with Crippen LogP contribution in [-0.2, 0) is 11.9 Å². The van der Waals surface area contributed by atoms with Gasteiger partial charge in [-0.25, -0.2) is 0 Å². The summed E-state index contributed by atoms with van der Waals surface area (Å²) >= 11 is 1.90. The number of hydrogen-bond donors (Lipinski definition) is 0. The number of allylic oxidation sites excluding steroid dienone is 1. The van der Waals surface area contributed by atoms with E-state index in [-0.39, 0.29) is 0 Å². The molecule has 1 aromatic heterocycles. The number of aryl methyl sites for hydroxylation is 1. The predicted octanol–water partition coefficient (Wildman–Crippen LogP) is 2.54. The Bertz CT molecular complexity index is 490. The van der Waals surface area contributed by atoms with Crippen molar-refractivity contribution in [3.63, 3.8) is 0 Å². The van der Waals surface area contributed by atoms with Crippen molar-refractivity contribution >= 4 is 56.3 Å². The van der Waals surface area contributed by atoms with Gasteiger partial charge in [-0.1, -0.05) is 0 Å². The number of hydrogen-bond acceptors (Lipinski definition) is 4. The van der Waals surface area contributed by atoms with Gasteiger partial charge in [0, 0.05) is 0 Å². The zero-order valence-corrected chi connectivity index (χ0v) is 20.4. The Balaban J connectivity index is 1.85. The van der Waals surface area contributed by atoms with E-state index in [0.29, 0.717) is 5.92 Å². The number of nitrogens with zero attached hydrogens (tertiary/aromatic N) is 3. The van der Waals surface area contributed by atoms with Crippen LogP contribution in [0.15, 0.2) is 18.3 Å². The van der Waals surface area contributed by atoms with Gasteiger partial charge < -0.3 is 0 Å². The summed E-state index contributed by atoms with van der Waals surface area (Å²) in [6.45, 7) is 6.98. The molecule has 1 fully saturated rings. The van der Waals surface area contributed by atoms with E-state index in [0.717, 1.165) is 78.4 Å². The minimum absolute atomic E-state index is 0.637. The zero-order valence-electron chi connectivity index (χ0n) is 13.3. The van der Waals surface area contributed by atoms with Crippen LogP contribution in [0.1, 0.15) is 50.6 Å². The third-order valence-electron chi connectivity index (χ3n) is 4.25. The van der Waals surface area contributed by atoms with Gasteiger partial charge in [0.15, 0.2) is 0 Å². The summed E-state index contributed by atoms with van der Waals surface area (Å²) in [5.41, 5.74) is 2.34. The summed E-state index contributed by atoms with van der Waals surface area (Å²) in [5, 5.41) is 8.65. The monoisotopic (exact) mass is 528 g/mol. The third kappa shape index (κ3) is 5.36. The van der Waals surface area contributed by atoms with E-state index in [1.165, 1.54) is 31.4 Å². The molecule has 8 heteroatoms. The Hall–Kier alpha value is 0.686. The Morgan fingerprint density at radius 2 is 2.27 bits per heavy atom. The van der Waals surface area contributed by atoms with Gasteiger partial charge in [0.05, 0.1) is 0 Å². The average Bonchev–Trinajstić information content (AvgIpc) is 3.16. The van der Waals surface area contributed by atoms with Gasteiger partial charge in [-0.2, -0.15) is 0 Å². The van der Waals surface area contributed by atoms with Crippen LogP contribution in [0, 0.1) is 0 Å². The quantitative estimate of drug-likeness (QED) is 0.367. The molecule has 0 saturated heterocycles. The molecule has 1 unspecified atom stereocenters. The molecule has 1 heterocycles. The first-order valence-corrected chi connectivity index (χ1v) is 12.6. The van der Waals surface area contributed by atoms with Crippen molar-refractivity contribution in [3.05, 3.63) is 24.0 Å². The molecule has 0 bridgehead atoms. The summed E-state index contributed by atoms with van der Waals surface area (Å²) in [5.74, 6) is 0.637. The molecule has 0 N–H and O–H groups in total. The van der Waals surface area contributed by atoms with E-state index in [1.807, 2.05) is 4.68 Å². The number of aromatic nitrogens is 3. The van der Waals surface area contributed by atoms with Crippen LogP contribution < -0.4 is 0 Å². The summed E-state index contributed by atoms with van der Waals surface area (Å²) in [6, 6.07) is 1.91. The van der Waals surface area contributed by atoms with Gasteiger partial charge in [0.1, 0.15) is 0 Å². The minimum atomic E-state index is -2.04. The molecule has 117 valence electrons. The molecule has 1 aliphatic carbocycles. The molecule has 22 heavy (non-hydrogen) atoms. The Labute approximate surface area is 163 Å². The Kier molecular flexibility index (Phi) is 7.99. The Morgan fingerprint density at radius 1 is 1.55 bits per heavy atom. The van der Waals surface area contributed by atoms with Crippen LogP contribution in [0.2, 0.25) is 12.1 Å². The molecule has 0 amide bonds. The SMILES string of the molecule is C=C(C)C[Si](CCCn1cc(C2CCCC2)nn1)([O][In])[O][Sn]. The molecular weight excluding hydrogens is 504 g/mol. The fourth-order valence-electron chi connectivity index (χ4n) is 3.10. The first kappa shape index (κ1) is 19.0. The van der Waals surface area contributed by atoms with Crippen molar-refractivity contribution < 1.29 is 5.31 Å². The first-order chi connectivity index (χ1) is 10.6. The van der Waals surface area contributed by atoms with E-state index in [1.54, 1.807) is 0 Å². The molecule has 1 atom stereocenters. The molecule has 0 aromatic carbocycles. The molecular formula is C14H23InN3O2SiSn. The molecule has 0 aliphatic heterocycles. The van der Waals surface area contributed by atoms with E-state index in [2.05, 4.69) is 30.0 Å². The van der Waals surface area contributed by atoms with Crippen molar-refractivity contribution in [2.75, 3.05) is 0 Å². The second-order valence-corrected chi connectivity index (χ2v) is 13.1. The van der Waals surface area contributed by atoms with Gasteiger partial charge in [0.2, 0.25) is 0 Å². The van der Waals surface area contributed by atoms with E-state index in [4.69, 9.17) is 5.31 Å². The maximum atomic E-state index is 5.89. The molecule has 5 radical (unpaired) electrons. The molecule has 1 saturated carbocycles. The van der Waals surface area contributed by atoms with Crippen LogP contribution >= 0.6 is 0 Å². The van der Waals surface area contributed by atoms with E-state index < -0.39 is 8.56 Å². The van der Waals surface area contributed by atoms with Crippen LogP contribution in [-0.4, -0.2) is 71.3 Å². The fraction of sp³-hybridized carbons (Fsp3) is 0.714. The van der Waals surface area contributed by atoms with Crippen LogP contribution in [0.4, 0.5) is 0 Å². The van der Waals surface area contributed by atoms with Gasteiger partial charge in [-0.05, 0) is 0 Å². The summed E-state index contributed by atoms with van der Waals surface area (Å²) < 4.78 is 13.7. The van der Waals surface area contributed by atoms with Gasteiger partial charge >= 0.3 is 164 Å². The normalized spacial score (nSPS) is 18.5.